The molecule has 18 heavy (non-hydrogen) atoms. The smallest absolute Gasteiger partial charge is 0.255 e. The lowest BCUT2D eigenvalue weighted by Gasteiger charge is -2.27. The largest absolute Gasteiger partial charge is 0.378 e. The Morgan fingerprint density at radius 1 is 1.44 bits per heavy atom. The van der Waals surface area contributed by atoms with Crippen molar-refractivity contribution in [2.75, 3.05) is 26.3 Å². The Kier molecular flexibility index (Phi) is 4.04. The van der Waals surface area contributed by atoms with E-state index in [0.717, 1.165) is 0 Å². The van der Waals surface area contributed by atoms with E-state index >= 15 is 0 Å². The van der Waals surface area contributed by atoms with Crippen molar-refractivity contribution >= 4 is 23.2 Å². The molecule has 1 aromatic carbocycles. The number of nitrogens with zero attached hydrogens (tertiary/aromatic N) is 4. The Bertz CT molecular complexity index is 508. The summed E-state index contributed by atoms with van der Waals surface area (Å²) in [6.45, 7) is 2.21. The minimum Gasteiger partial charge on any atom is -0.378 e. The van der Waals surface area contributed by atoms with Crippen LogP contribution in [0.25, 0.3) is 10.4 Å². The van der Waals surface area contributed by atoms with E-state index in [-0.39, 0.29) is 10.9 Å². The van der Waals surface area contributed by atoms with Crippen molar-refractivity contribution < 1.29 is 9.53 Å². The van der Waals surface area contributed by atoms with Crippen LogP contribution in [0.1, 0.15) is 10.4 Å². The third-order valence-corrected chi connectivity index (χ3v) is 2.95. The summed E-state index contributed by atoms with van der Waals surface area (Å²) in [5.41, 5.74) is 9.12. The lowest BCUT2D eigenvalue weighted by molar-refractivity contribution is 0.0303. The van der Waals surface area contributed by atoms with E-state index in [0.29, 0.717) is 37.6 Å². The fourth-order valence-electron chi connectivity index (χ4n) is 1.73. The molecule has 1 aromatic rings. The van der Waals surface area contributed by atoms with Gasteiger partial charge in [0.25, 0.3) is 5.91 Å². The molecule has 94 valence electrons. The summed E-state index contributed by atoms with van der Waals surface area (Å²) in [6.07, 6.45) is 0. The zero-order valence-electron chi connectivity index (χ0n) is 9.54. The van der Waals surface area contributed by atoms with Crippen LogP contribution < -0.4 is 0 Å². The van der Waals surface area contributed by atoms with E-state index in [9.17, 15) is 4.79 Å². The molecule has 1 amide bonds. The Balaban J connectivity index is 2.22. The molecule has 7 heteroatoms. The first-order valence-electron chi connectivity index (χ1n) is 5.44. The predicted molar refractivity (Wildman–Crippen MR) is 67.0 cm³/mol. The van der Waals surface area contributed by atoms with Crippen LogP contribution in [0.4, 0.5) is 5.69 Å². The molecular weight excluding hydrogens is 256 g/mol. The number of hydrogen-bond acceptors (Lipinski definition) is 3. The van der Waals surface area contributed by atoms with Crippen molar-refractivity contribution in [2.45, 2.75) is 0 Å². The van der Waals surface area contributed by atoms with E-state index in [1.54, 1.807) is 17.0 Å². The first-order valence-corrected chi connectivity index (χ1v) is 5.82. The SMILES string of the molecule is [N-]=[N+]=Nc1ccc(C(=O)N2CCOCC2)c(Cl)c1. The molecule has 0 atom stereocenters. The van der Waals surface area contributed by atoms with Gasteiger partial charge in [-0.1, -0.05) is 22.8 Å². The minimum atomic E-state index is -0.129. The summed E-state index contributed by atoms with van der Waals surface area (Å²) in [7, 11) is 0. The average molecular weight is 267 g/mol. The van der Waals surface area contributed by atoms with Crippen molar-refractivity contribution in [2.24, 2.45) is 5.11 Å². The van der Waals surface area contributed by atoms with Crippen molar-refractivity contribution in [3.05, 3.63) is 39.2 Å². The molecule has 0 aromatic heterocycles. The molecule has 1 aliphatic heterocycles. The highest BCUT2D eigenvalue weighted by Gasteiger charge is 2.20. The van der Waals surface area contributed by atoms with Gasteiger partial charge in [0.2, 0.25) is 0 Å². The quantitative estimate of drug-likeness (QED) is 0.469. The van der Waals surface area contributed by atoms with Gasteiger partial charge in [0, 0.05) is 23.7 Å². The van der Waals surface area contributed by atoms with E-state index in [1.807, 2.05) is 0 Å². The fourth-order valence-corrected chi connectivity index (χ4v) is 1.98. The van der Waals surface area contributed by atoms with Crippen molar-refractivity contribution in [3.8, 4) is 0 Å². The molecular formula is C11H11ClN4O2. The fraction of sp³-hybridized carbons (Fsp3) is 0.364. The number of rotatable bonds is 2. The van der Waals surface area contributed by atoms with E-state index < -0.39 is 0 Å². The lowest BCUT2D eigenvalue weighted by Crippen LogP contribution is -2.40. The minimum absolute atomic E-state index is 0.129. The summed E-state index contributed by atoms with van der Waals surface area (Å²) in [5, 5.41) is 3.72. The number of carbonyl (C=O) groups excluding carboxylic acids is 1. The highest BCUT2D eigenvalue weighted by atomic mass is 35.5. The van der Waals surface area contributed by atoms with Gasteiger partial charge in [0.1, 0.15) is 0 Å². The highest BCUT2D eigenvalue weighted by Crippen LogP contribution is 2.24. The second-order valence-electron chi connectivity index (χ2n) is 3.76. The number of benzene rings is 1. The number of azide groups is 1. The molecule has 1 fully saturated rings. The zero-order chi connectivity index (χ0) is 13.0. The number of hydrogen-bond donors (Lipinski definition) is 0. The summed E-state index contributed by atoms with van der Waals surface area (Å²) in [5.74, 6) is -0.129. The first kappa shape index (κ1) is 12.7. The number of halogens is 1. The summed E-state index contributed by atoms with van der Waals surface area (Å²) >= 11 is 6.02. The van der Waals surface area contributed by atoms with E-state index in [2.05, 4.69) is 10.0 Å². The van der Waals surface area contributed by atoms with Gasteiger partial charge < -0.3 is 9.64 Å². The molecule has 1 saturated heterocycles. The van der Waals surface area contributed by atoms with Gasteiger partial charge in [-0.05, 0) is 17.7 Å². The Labute approximate surface area is 109 Å². The van der Waals surface area contributed by atoms with Gasteiger partial charge in [-0.3, -0.25) is 4.79 Å². The molecule has 0 unspecified atom stereocenters. The maximum Gasteiger partial charge on any atom is 0.255 e. The molecule has 1 aliphatic rings. The normalized spacial score (nSPS) is 15.1. The van der Waals surface area contributed by atoms with Crippen LogP contribution in [0, 0.1) is 0 Å². The molecule has 6 nitrogen and oxygen atoms in total. The second-order valence-corrected chi connectivity index (χ2v) is 4.17. The summed E-state index contributed by atoms with van der Waals surface area (Å²) in [6, 6.07) is 4.62. The molecule has 0 aliphatic carbocycles. The Hall–Kier alpha value is -1.75. The Morgan fingerprint density at radius 2 is 2.17 bits per heavy atom. The third kappa shape index (κ3) is 2.73. The van der Waals surface area contributed by atoms with Crippen LogP contribution in [0.3, 0.4) is 0 Å². The third-order valence-electron chi connectivity index (χ3n) is 2.64. The first-order chi connectivity index (χ1) is 8.72. The number of ether oxygens (including phenoxy) is 1. The monoisotopic (exact) mass is 266 g/mol. The van der Waals surface area contributed by atoms with Crippen LogP contribution in [-0.4, -0.2) is 37.1 Å². The maximum atomic E-state index is 12.2. The van der Waals surface area contributed by atoms with Gasteiger partial charge in [-0.2, -0.15) is 0 Å². The van der Waals surface area contributed by atoms with Crippen LogP contribution in [0.15, 0.2) is 23.3 Å². The van der Waals surface area contributed by atoms with Crippen LogP contribution in [0.5, 0.6) is 0 Å². The predicted octanol–water partition coefficient (Wildman–Crippen LogP) is 2.75. The molecule has 0 spiro atoms. The molecule has 1 heterocycles. The number of amides is 1. The van der Waals surface area contributed by atoms with Crippen LogP contribution in [0.2, 0.25) is 5.02 Å². The summed E-state index contributed by atoms with van der Waals surface area (Å²) in [4.78, 5) is 16.5. The van der Waals surface area contributed by atoms with Gasteiger partial charge in [0.15, 0.2) is 0 Å². The topological polar surface area (TPSA) is 78.3 Å². The van der Waals surface area contributed by atoms with Gasteiger partial charge in [0.05, 0.1) is 23.8 Å². The standard InChI is InChI=1S/C11H11ClN4O2/c12-10-7-8(14-15-13)1-2-9(10)11(17)16-3-5-18-6-4-16/h1-2,7H,3-6H2. The van der Waals surface area contributed by atoms with Crippen molar-refractivity contribution in [3.63, 3.8) is 0 Å². The van der Waals surface area contributed by atoms with E-state index in [4.69, 9.17) is 21.9 Å². The highest BCUT2D eigenvalue weighted by molar-refractivity contribution is 6.34. The Morgan fingerprint density at radius 3 is 2.78 bits per heavy atom. The zero-order valence-corrected chi connectivity index (χ0v) is 10.3. The molecule has 0 bridgehead atoms. The average Bonchev–Trinajstić information content (AvgIpc) is 2.40. The lowest BCUT2D eigenvalue weighted by atomic mass is 10.1. The van der Waals surface area contributed by atoms with Crippen LogP contribution >= 0.6 is 11.6 Å². The second kappa shape index (κ2) is 5.73. The van der Waals surface area contributed by atoms with Crippen LogP contribution in [-0.2, 0) is 4.74 Å². The van der Waals surface area contributed by atoms with Gasteiger partial charge >= 0.3 is 0 Å². The van der Waals surface area contributed by atoms with E-state index in [1.165, 1.54) is 6.07 Å². The van der Waals surface area contributed by atoms with Crippen molar-refractivity contribution in [1.29, 1.82) is 0 Å². The van der Waals surface area contributed by atoms with Gasteiger partial charge in [-0.25, -0.2) is 0 Å². The molecule has 0 saturated carbocycles. The summed E-state index contributed by atoms with van der Waals surface area (Å²) < 4.78 is 5.18. The maximum absolute atomic E-state index is 12.2. The number of carbonyl (C=O) groups is 1. The van der Waals surface area contributed by atoms with Gasteiger partial charge in [-0.15, -0.1) is 0 Å². The molecule has 0 N–H and O–H groups in total. The van der Waals surface area contributed by atoms with Crippen molar-refractivity contribution in [1.82, 2.24) is 4.90 Å². The number of morpholine rings is 1. The molecule has 2 rings (SSSR count). The molecule has 0 radical (unpaired) electrons.